The molecule has 1 saturated heterocycles. The molecule has 0 unspecified atom stereocenters. The molecule has 1 N–H and O–H groups in total. The van der Waals surface area contributed by atoms with Crippen molar-refractivity contribution in [3.63, 3.8) is 0 Å². The number of nitrogens with zero attached hydrogens (tertiary/aromatic N) is 5. The summed E-state index contributed by atoms with van der Waals surface area (Å²) in [6, 6.07) is 20.1. The number of aromatic nitrogens is 4. The van der Waals surface area contributed by atoms with Crippen LogP contribution in [0.3, 0.4) is 0 Å². The van der Waals surface area contributed by atoms with Crippen LogP contribution in [-0.4, -0.2) is 45.5 Å². The first kappa shape index (κ1) is 18.6. The number of fused-ring (bicyclic) bond motifs is 1. The van der Waals surface area contributed by atoms with Gasteiger partial charge in [0.2, 0.25) is 5.95 Å². The number of rotatable bonds is 5. The molecule has 0 spiro atoms. The van der Waals surface area contributed by atoms with E-state index in [1.807, 2.05) is 48.5 Å². The Balaban J connectivity index is 1.63. The molecule has 30 heavy (non-hydrogen) atoms. The van der Waals surface area contributed by atoms with Gasteiger partial charge in [0.05, 0.1) is 19.3 Å². The third-order valence-corrected chi connectivity index (χ3v) is 5.49. The van der Waals surface area contributed by atoms with E-state index in [0.29, 0.717) is 24.1 Å². The highest BCUT2D eigenvalue weighted by atomic mass is 16.1. The Bertz CT molecular complexity index is 1190. The molecule has 0 bridgehead atoms. The van der Waals surface area contributed by atoms with Crippen molar-refractivity contribution in [1.29, 1.82) is 0 Å². The van der Waals surface area contributed by atoms with Crippen LogP contribution < -0.4 is 15.8 Å². The number of hydrogen-bond donors (Lipinski definition) is 1. The zero-order valence-electron chi connectivity index (χ0n) is 16.7. The lowest BCUT2D eigenvalue weighted by molar-refractivity contribution is 0.571. The predicted molar refractivity (Wildman–Crippen MR) is 118 cm³/mol. The van der Waals surface area contributed by atoms with Crippen LogP contribution in [0, 0.1) is 0 Å². The molecule has 7 nitrogen and oxygen atoms in total. The van der Waals surface area contributed by atoms with Crippen LogP contribution in [-0.2, 0) is 13.1 Å². The summed E-state index contributed by atoms with van der Waals surface area (Å²) in [6.45, 7) is 4.58. The standard InChI is InChI=1S/C23H24N6O/c30-22-21-20(15-25-29(22)17-19-9-5-2-6-10-19)26-23(27-13-11-24-12-14-27)28(21)16-18-7-3-1-4-8-18/h1-10,15,24H,11-14,16-17H2. The molecule has 5 rings (SSSR count). The summed E-state index contributed by atoms with van der Waals surface area (Å²) in [4.78, 5) is 20.5. The van der Waals surface area contributed by atoms with Crippen LogP contribution in [0.2, 0.25) is 0 Å². The van der Waals surface area contributed by atoms with Crippen molar-refractivity contribution in [2.24, 2.45) is 0 Å². The maximum atomic E-state index is 13.4. The highest BCUT2D eigenvalue weighted by Crippen LogP contribution is 2.22. The Morgan fingerprint density at radius 1 is 0.867 bits per heavy atom. The Labute approximate surface area is 174 Å². The lowest BCUT2D eigenvalue weighted by atomic mass is 10.2. The minimum Gasteiger partial charge on any atom is -0.340 e. The van der Waals surface area contributed by atoms with Gasteiger partial charge >= 0.3 is 0 Å². The highest BCUT2D eigenvalue weighted by Gasteiger charge is 2.22. The van der Waals surface area contributed by atoms with Crippen molar-refractivity contribution < 1.29 is 0 Å². The summed E-state index contributed by atoms with van der Waals surface area (Å²) in [5, 5.41) is 7.78. The van der Waals surface area contributed by atoms with Gasteiger partial charge in [-0.1, -0.05) is 60.7 Å². The smallest absolute Gasteiger partial charge is 0.293 e. The van der Waals surface area contributed by atoms with Crippen LogP contribution in [0.25, 0.3) is 11.0 Å². The van der Waals surface area contributed by atoms with Crippen LogP contribution in [0.5, 0.6) is 0 Å². The fraction of sp³-hybridized carbons (Fsp3) is 0.261. The molecule has 0 atom stereocenters. The van der Waals surface area contributed by atoms with Crippen molar-refractivity contribution in [1.82, 2.24) is 24.6 Å². The van der Waals surface area contributed by atoms with Crippen LogP contribution in [0.4, 0.5) is 5.95 Å². The molecule has 1 aliphatic heterocycles. The maximum absolute atomic E-state index is 13.4. The van der Waals surface area contributed by atoms with E-state index in [2.05, 4.69) is 32.0 Å². The minimum atomic E-state index is -0.110. The molecule has 152 valence electrons. The molecule has 1 aliphatic rings. The minimum absolute atomic E-state index is 0.110. The van der Waals surface area contributed by atoms with Gasteiger partial charge in [-0.05, 0) is 11.1 Å². The van der Waals surface area contributed by atoms with Crippen LogP contribution >= 0.6 is 0 Å². The number of anilines is 1. The number of hydrogen-bond acceptors (Lipinski definition) is 5. The summed E-state index contributed by atoms with van der Waals surface area (Å²) >= 11 is 0. The van der Waals surface area contributed by atoms with E-state index in [-0.39, 0.29) is 5.56 Å². The molecule has 1 fully saturated rings. The second kappa shape index (κ2) is 8.12. The largest absolute Gasteiger partial charge is 0.340 e. The van der Waals surface area contributed by atoms with E-state index >= 15 is 0 Å². The average molecular weight is 400 g/mol. The zero-order valence-corrected chi connectivity index (χ0v) is 16.7. The second-order valence-electron chi connectivity index (χ2n) is 7.55. The van der Waals surface area contributed by atoms with Gasteiger partial charge in [-0.25, -0.2) is 9.67 Å². The van der Waals surface area contributed by atoms with Gasteiger partial charge in [-0.2, -0.15) is 5.10 Å². The Morgan fingerprint density at radius 2 is 1.50 bits per heavy atom. The molecule has 3 heterocycles. The van der Waals surface area contributed by atoms with Gasteiger partial charge in [0.15, 0.2) is 0 Å². The van der Waals surface area contributed by atoms with E-state index in [4.69, 9.17) is 4.98 Å². The Hall–Kier alpha value is -3.45. The van der Waals surface area contributed by atoms with Crippen molar-refractivity contribution in [2.75, 3.05) is 31.1 Å². The molecule has 0 saturated carbocycles. The number of imidazole rings is 1. The van der Waals surface area contributed by atoms with E-state index < -0.39 is 0 Å². The lowest BCUT2D eigenvalue weighted by Gasteiger charge is -2.28. The summed E-state index contributed by atoms with van der Waals surface area (Å²) in [7, 11) is 0. The topological polar surface area (TPSA) is 68.0 Å². The number of benzene rings is 2. The van der Waals surface area contributed by atoms with E-state index in [1.165, 1.54) is 4.68 Å². The predicted octanol–water partition coefficient (Wildman–Crippen LogP) is 2.10. The molecular formula is C23H24N6O. The van der Waals surface area contributed by atoms with E-state index in [9.17, 15) is 4.79 Å². The van der Waals surface area contributed by atoms with Gasteiger partial charge in [0.1, 0.15) is 11.0 Å². The lowest BCUT2D eigenvalue weighted by Crippen LogP contribution is -2.44. The third-order valence-electron chi connectivity index (χ3n) is 5.49. The first-order valence-electron chi connectivity index (χ1n) is 10.3. The SMILES string of the molecule is O=c1c2c(cnn1Cc1ccccc1)nc(N1CCNCC1)n2Cc1ccccc1. The molecule has 7 heteroatoms. The van der Waals surface area contributed by atoms with Crippen molar-refractivity contribution in [3.8, 4) is 0 Å². The Morgan fingerprint density at radius 3 is 2.17 bits per heavy atom. The average Bonchev–Trinajstić information content (AvgIpc) is 3.17. The number of nitrogens with one attached hydrogen (secondary N) is 1. The molecule has 0 amide bonds. The highest BCUT2D eigenvalue weighted by molar-refractivity contribution is 5.77. The van der Waals surface area contributed by atoms with Crippen molar-refractivity contribution in [3.05, 3.63) is 88.3 Å². The fourth-order valence-corrected chi connectivity index (χ4v) is 3.96. The third kappa shape index (κ3) is 3.59. The maximum Gasteiger partial charge on any atom is 0.293 e. The van der Waals surface area contributed by atoms with Gasteiger partial charge in [-0.3, -0.25) is 4.79 Å². The molecule has 2 aromatic carbocycles. The van der Waals surface area contributed by atoms with Gasteiger partial charge in [-0.15, -0.1) is 0 Å². The summed E-state index contributed by atoms with van der Waals surface area (Å²) in [5.41, 5.74) is 3.33. The quantitative estimate of drug-likeness (QED) is 0.556. The summed E-state index contributed by atoms with van der Waals surface area (Å²) < 4.78 is 3.59. The molecule has 0 radical (unpaired) electrons. The molecular weight excluding hydrogens is 376 g/mol. The molecule has 0 aliphatic carbocycles. The Kier molecular flexibility index (Phi) is 5.03. The van der Waals surface area contributed by atoms with Gasteiger partial charge < -0.3 is 14.8 Å². The fourth-order valence-electron chi connectivity index (χ4n) is 3.96. The molecule has 2 aromatic heterocycles. The van der Waals surface area contributed by atoms with Crippen LogP contribution in [0.1, 0.15) is 11.1 Å². The second-order valence-corrected chi connectivity index (χ2v) is 7.55. The van der Waals surface area contributed by atoms with E-state index in [0.717, 1.165) is 43.3 Å². The van der Waals surface area contributed by atoms with Gasteiger partial charge in [0, 0.05) is 26.2 Å². The zero-order chi connectivity index (χ0) is 20.3. The normalized spacial score (nSPS) is 14.3. The monoisotopic (exact) mass is 400 g/mol. The molecule has 4 aromatic rings. The van der Waals surface area contributed by atoms with Crippen molar-refractivity contribution >= 4 is 17.0 Å². The van der Waals surface area contributed by atoms with E-state index in [1.54, 1.807) is 6.20 Å². The summed E-state index contributed by atoms with van der Waals surface area (Å²) in [5.74, 6) is 0.840. The first-order valence-corrected chi connectivity index (χ1v) is 10.3. The van der Waals surface area contributed by atoms with Crippen molar-refractivity contribution in [2.45, 2.75) is 13.1 Å². The van der Waals surface area contributed by atoms with Gasteiger partial charge in [0.25, 0.3) is 5.56 Å². The number of piperazine rings is 1. The summed E-state index contributed by atoms with van der Waals surface area (Å²) in [6.07, 6.45) is 1.72. The first-order chi connectivity index (χ1) is 14.8. The van der Waals surface area contributed by atoms with Crippen LogP contribution in [0.15, 0.2) is 71.7 Å².